The summed E-state index contributed by atoms with van der Waals surface area (Å²) < 4.78 is 32.3. The van der Waals surface area contributed by atoms with Crippen molar-refractivity contribution >= 4 is 5.69 Å². The van der Waals surface area contributed by atoms with Gasteiger partial charge in [0.15, 0.2) is 0 Å². The third-order valence-corrected chi connectivity index (χ3v) is 2.95. The van der Waals surface area contributed by atoms with E-state index in [1.54, 1.807) is 6.92 Å². The monoisotopic (exact) mass is 277 g/mol. The van der Waals surface area contributed by atoms with Gasteiger partial charge in [-0.1, -0.05) is 6.07 Å². The minimum Gasteiger partial charge on any atom is -0.494 e. The van der Waals surface area contributed by atoms with Crippen molar-refractivity contribution in [2.75, 3.05) is 11.9 Å². The molecule has 0 aromatic heterocycles. The van der Waals surface area contributed by atoms with Crippen molar-refractivity contribution in [1.29, 1.82) is 0 Å². The largest absolute Gasteiger partial charge is 0.494 e. The predicted molar refractivity (Wildman–Crippen MR) is 76.0 cm³/mol. The Hall–Kier alpha value is -2.10. The van der Waals surface area contributed by atoms with Gasteiger partial charge in [-0.2, -0.15) is 0 Å². The number of hydrogen-bond acceptors (Lipinski definition) is 2. The van der Waals surface area contributed by atoms with Crippen LogP contribution in [0.3, 0.4) is 0 Å². The quantitative estimate of drug-likeness (QED) is 0.866. The van der Waals surface area contributed by atoms with Gasteiger partial charge in [0.05, 0.1) is 12.6 Å². The van der Waals surface area contributed by atoms with Gasteiger partial charge in [0, 0.05) is 17.3 Å². The SMILES string of the molecule is CCOc1cccc(NC(C)c2cc(F)ccc2F)c1. The van der Waals surface area contributed by atoms with Gasteiger partial charge in [-0.3, -0.25) is 0 Å². The van der Waals surface area contributed by atoms with E-state index in [1.165, 1.54) is 6.07 Å². The van der Waals surface area contributed by atoms with Gasteiger partial charge in [0.2, 0.25) is 0 Å². The third kappa shape index (κ3) is 3.47. The highest BCUT2D eigenvalue weighted by Crippen LogP contribution is 2.24. The number of halogens is 2. The summed E-state index contributed by atoms with van der Waals surface area (Å²) in [6, 6.07) is 10.5. The molecule has 2 aromatic carbocycles. The molecule has 0 fully saturated rings. The molecular formula is C16H17F2NO. The van der Waals surface area contributed by atoms with Crippen LogP contribution >= 0.6 is 0 Å². The molecule has 2 aromatic rings. The smallest absolute Gasteiger partial charge is 0.128 e. The summed E-state index contributed by atoms with van der Waals surface area (Å²) in [6.07, 6.45) is 0. The molecule has 0 saturated heterocycles. The Bertz CT molecular complexity index is 586. The first kappa shape index (κ1) is 14.3. The second-order valence-electron chi connectivity index (χ2n) is 4.49. The lowest BCUT2D eigenvalue weighted by Gasteiger charge is -2.17. The molecule has 0 saturated carbocycles. The summed E-state index contributed by atoms with van der Waals surface area (Å²) in [4.78, 5) is 0. The van der Waals surface area contributed by atoms with E-state index >= 15 is 0 Å². The highest BCUT2D eigenvalue weighted by atomic mass is 19.1. The van der Waals surface area contributed by atoms with E-state index in [1.807, 2.05) is 31.2 Å². The van der Waals surface area contributed by atoms with E-state index in [4.69, 9.17) is 4.74 Å². The highest BCUT2D eigenvalue weighted by Gasteiger charge is 2.12. The van der Waals surface area contributed by atoms with Crippen LogP contribution in [0.1, 0.15) is 25.5 Å². The van der Waals surface area contributed by atoms with Crippen molar-refractivity contribution < 1.29 is 13.5 Å². The van der Waals surface area contributed by atoms with Crippen molar-refractivity contribution in [3.8, 4) is 5.75 Å². The van der Waals surface area contributed by atoms with Gasteiger partial charge in [0.1, 0.15) is 17.4 Å². The fourth-order valence-corrected chi connectivity index (χ4v) is 2.02. The van der Waals surface area contributed by atoms with E-state index in [0.29, 0.717) is 12.2 Å². The summed E-state index contributed by atoms with van der Waals surface area (Å²) in [6.45, 7) is 4.27. The lowest BCUT2D eigenvalue weighted by atomic mass is 10.1. The molecular weight excluding hydrogens is 260 g/mol. The Balaban J connectivity index is 2.16. The van der Waals surface area contributed by atoms with Crippen molar-refractivity contribution in [3.63, 3.8) is 0 Å². The molecule has 2 rings (SSSR count). The fraction of sp³-hybridized carbons (Fsp3) is 0.250. The number of hydrogen-bond donors (Lipinski definition) is 1. The average Bonchev–Trinajstić information content (AvgIpc) is 2.42. The Labute approximate surface area is 117 Å². The number of benzene rings is 2. The first-order valence-corrected chi connectivity index (χ1v) is 6.54. The molecule has 0 heterocycles. The first-order chi connectivity index (χ1) is 9.60. The van der Waals surface area contributed by atoms with Gasteiger partial charge < -0.3 is 10.1 Å². The summed E-state index contributed by atoms with van der Waals surface area (Å²) in [5.41, 5.74) is 1.10. The summed E-state index contributed by atoms with van der Waals surface area (Å²) in [7, 11) is 0. The standard InChI is InChI=1S/C16H17F2NO/c1-3-20-14-6-4-5-13(10-14)19-11(2)15-9-12(17)7-8-16(15)18/h4-11,19H,3H2,1-2H3. The van der Waals surface area contributed by atoms with Crippen LogP contribution in [0, 0.1) is 11.6 Å². The van der Waals surface area contributed by atoms with Crippen molar-refractivity contribution in [1.82, 2.24) is 0 Å². The molecule has 0 aliphatic rings. The minimum atomic E-state index is -0.446. The summed E-state index contributed by atoms with van der Waals surface area (Å²) in [5.74, 6) is -0.130. The van der Waals surface area contributed by atoms with Gasteiger partial charge in [-0.15, -0.1) is 0 Å². The van der Waals surface area contributed by atoms with Crippen LogP contribution in [0.25, 0.3) is 0 Å². The Morgan fingerprint density at radius 2 is 1.95 bits per heavy atom. The maximum Gasteiger partial charge on any atom is 0.128 e. The van der Waals surface area contributed by atoms with Crippen LogP contribution in [0.2, 0.25) is 0 Å². The van der Waals surface area contributed by atoms with Crippen molar-refractivity contribution in [2.24, 2.45) is 0 Å². The van der Waals surface area contributed by atoms with Gasteiger partial charge >= 0.3 is 0 Å². The van der Waals surface area contributed by atoms with Crippen LogP contribution in [-0.2, 0) is 0 Å². The topological polar surface area (TPSA) is 21.3 Å². The fourth-order valence-electron chi connectivity index (χ4n) is 2.02. The molecule has 2 nitrogen and oxygen atoms in total. The van der Waals surface area contributed by atoms with Crippen LogP contribution in [0.15, 0.2) is 42.5 Å². The first-order valence-electron chi connectivity index (χ1n) is 6.54. The maximum absolute atomic E-state index is 13.7. The molecule has 1 N–H and O–H groups in total. The van der Waals surface area contributed by atoms with Crippen LogP contribution in [-0.4, -0.2) is 6.61 Å². The van der Waals surface area contributed by atoms with Crippen LogP contribution < -0.4 is 10.1 Å². The second-order valence-corrected chi connectivity index (χ2v) is 4.49. The number of ether oxygens (including phenoxy) is 1. The molecule has 106 valence electrons. The number of nitrogens with one attached hydrogen (secondary N) is 1. The molecule has 0 spiro atoms. The minimum absolute atomic E-state index is 0.298. The second kappa shape index (κ2) is 6.37. The van der Waals surface area contributed by atoms with Crippen molar-refractivity contribution in [2.45, 2.75) is 19.9 Å². The zero-order valence-electron chi connectivity index (χ0n) is 11.5. The number of rotatable bonds is 5. The summed E-state index contributed by atoms with van der Waals surface area (Å²) in [5, 5.41) is 3.14. The summed E-state index contributed by atoms with van der Waals surface area (Å²) >= 11 is 0. The van der Waals surface area contributed by atoms with E-state index in [0.717, 1.165) is 23.6 Å². The Kier molecular flexibility index (Phi) is 4.56. The molecule has 0 aliphatic carbocycles. The normalized spacial score (nSPS) is 12.0. The Morgan fingerprint density at radius 1 is 1.15 bits per heavy atom. The van der Waals surface area contributed by atoms with E-state index in [9.17, 15) is 8.78 Å². The third-order valence-electron chi connectivity index (χ3n) is 2.95. The lowest BCUT2D eigenvalue weighted by molar-refractivity contribution is 0.340. The number of anilines is 1. The molecule has 1 unspecified atom stereocenters. The highest BCUT2D eigenvalue weighted by molar-refractivity contribution is 5.49. The maximum atomic E-state index is 13.7. The van der Waals surface area contributed by atoms with E-state index in [-0.39, 0.29) is 6.04 Å². The van der Waals surface area contributed by atoms with Gasteiger partial charge in [-0.05, 0) is 44.2 Å². The predicted octanol–water partition coefficient (Wildman–Crippen LogP) is 4.54. The molecule has 0 radical (unpaired) electrons. The van der Waals surface area contributed by atoms with Crippen LogP contribution in [0.4, 0.5) is 14.5 Å². The van der Waals surface area contributed by atoms with Crippen LogP contribution in [0.5, 0.6) is 5.75 Å². The molecule has 20 heavy (non-hydrogen) atoms. The van der Waals surface area contributed by atoms with Crippen molar-refractivity contribution in [3.05, 3.63) is 59.7 Å². The molecule has 1 atom stereocenters. The lowest BCUT2D eigenvalue weighted by Crippen LogP contribution is -2.09. The molecule has 0 amide bonds. The van der Waals surface area contributed by atoms with E-state index < -0.39 is 11.6 Å². The van der Waals surface area contributed by atoms with Gasteiger partial charge in [0.25, 0.3) is 0 Å². The zero-order valence-corrected chi connectivity index (χ0v) is 11.5. The molecule has 4 heteroatoms. The average molecular weight is 277 g/mol. The molecule has 0 aliphatic heterocycles. The molecule has 0 bridgehead atoms. The van der Waals surface area contributed by atoms with Gasteiger partial charge in [-0.25, -0.2) is 8.78 Å². The zero-order chi connectivity index (χ0) is 14.5. The Morgan fingerprint density at radius 3 is 2.70 bits per heavy atom. The van der Waals surface area contributed by atoms with E-state index in [2.05, 4.69) is 5.32 Å².